The molecule has 0 aliphatic carbocycles. The molecule has 4 heterocycles. The van der Waals surface area contributed by atoms with Gasteiger partial charge in [-0.1, -0.05) is 66.8 Å². The number of fused-ring (bicyclic) bond motifs is 1. The summed E-state index contributed by atoms with van der Waals surface area (Å²) in [7, 11) is 0. The van der Waals surface area contributed by atoms with E-state index in [9.17, 15) is 20.3 Å². The van der Waals surface area contributed by atoms with E-state index in [1.54, 1.807) is 17.2 Å². The van der Waals surface area contributed by atoms with Crippen LogP contribution in [0.1, 0.15) is 36.6 Å². The van der Waals surface area contributed by atoms with Crippen LogP contribution in [0.3, 0.4) is 0 Å². The number of hydrogen-bond acceptors (Lipinski definition) is 8. The van der Waals surface area contributed by atoms with E-state index in [1.807, 2.05) is 25.7 Å². The third-order valence-electron chi connectivity index (χ3n) is 7.82. The van der Waals surface area contributed by atoms with Crippen LogP contribution in [0.15, 0.2) is 36.6 Å². The lowest BCUT2D eigenvalue weighted by atomic mass is 9.95. The molecular formula is C31H27Cl4FN6O3. The van der Waals surface area contributed by atoms with Crippen LogP contribution in [-0.4, -0.2) is 68.3 Å². The number of hydrogen-bond donors (Lipinski definition) is 2. The number of phenols is 1. The van der Waals surface area contributed by atoms with Gasteiger partial charge in [0.05, 0.1) is 43.4 Å². The first-order valence-corrected chi connectivity index (χ1v) is 15.3. The van der Waals surface area contributed by atoms with E-state index >= 15 is 4.39 Å². The molecule has 2 aliphatic rings. The normalized spacial score (nSPS) is 16.6. The van der Waals surface area contributed by atoms with Crippen molar-refractivity contribution in [2.45, 2.75) is 32.9 Å². The third-order valence-corrected chi connectivity index (χ3v) is 9.40. The maximum atomic E-state index is 15.6. The van der Waals surface area contributed by atoms with E-state index in [1.165, 1.54) is 17.0 Å². The molecule has 1 saturated heterocycles. The molecule has 1 aromatic carbocycles. The van der Waals surface area contributed by atoms with Gasteiger partial charge in [-0.15, -0.1) is 0 Å². The first kappa shape index (κ1) is 32.8. The van der Waals surface area contributed by atoms with Gasteiger partial charge in [0.25, 0.3) is 0 Å². The first-order chi connectivity index (χ1) is 21.3. The Morgan fingerprint density at radius 3 is 2.44 bits per heavy atom. The predicted molar refractivity (Wildman–Crippen MR) is 173 cm³/mol. The number of nitriles is 1. The maximum Gasteiger partial charge on any atom is 0.246 e. The monoisotopic (exact) mass is 690 g/mol. The molecular weight excluding hydrogens is 665 g/mol. The van der Waals surface area contributed by atoms with Gasteiger partial charge < -0.3 is 20.0 Å². The fourth-order valence-electron chi connectivity index (χ4n) is 5.63. The van der Waals surface area contributed by atoms with E-state index in [2.05, 4.69) is 17.6 Å². The molecule has 2 N–H and O–H groups in total. The van der Waals surface area contributed by atoms with Gasteiger partial charge in [0, 0.05) is 37.9 Å². The van der Waals surface area contributed by atoms with Gasteiger partial charge in [-0.05, 0) is 36.6 Å². The molecule has 0 bridgehead atoms. The molecule has 234 valence electrons. The van der Waals surface area contributed by atoms with E-state index in [4.69, 9.17) is 51.4 Å². The highest BCUT2D eigenvalue weighted by Crippen LogP contribution is 2.51. The topological polar surface area (TPSA) is 117 Å². The van der Waals surface area contributed by atoms with Gasteiger partial charge in [-0.25, -0.2) is 9.37 Å². The highest BCUT2D eigenvalue weighted by molar-refractivity contribution is 6.49. The minimum absolute atomic E-state index is 0.0150. The number of phenolic OH excluding ortho intramolecular Hbond substituents is 1. The number of pyridine rings is 2. The largest absolute Gasteiger partial charge is 0.506 e. The molecule has 45 heavy (non-hydrogen) atoms. The lowest BCUT2D eigenvalue weighted by Crippen LogP contribution is -2.49. The van der Waals surface area contributed by atoms with Gasteiger partial charge in [0.2, 0.25) is 5.91 Å². The molecule has 14 heteroatoms. The first-order valence-electron chi connectivity index (χ1n) is 13.8. The van der Waals surface area contributed by atoms with Crippen molar-refractivity contribution in [3.8, 4) is 23.1 Å². The number of nitrogens with zero attached hydrogens (tertiary/aromatic N) is 6. The van der Waals surface area contributed by atoms with Crippen molar-refractivity contribution in [3.63, 3.8) is 0 Å². The SMILES string of the molecule is C=CC(=O)N1CCN(C2=C(C#N)C(O)N(c3c(C)ccnc3C(C)C)c3nc(-c4c(O)c(Cl)c(Cl)c(Cl)c4F)c(Cl)cc32)CC1. The molecule has 2 aromatic heterocycles. The number of aliphatic hydroxyl groups excluding tert-OH is 1. The summed E-state index contributed by atoms with van der Waals surface area (Å²) >= 11 is 25.1. The van der Waals surface area contributed by atoms with Crippen molar-refractivity contribution in [2.75, 3.05) is 31.1 Å². The van der Waals surface area contributed by atoms with Gasteiger partial charge in [0.15, 0.2) is 12.0 Å². The zero-order chi connectivity index (χ0) is 32.9. The summed E-state index contributed by atoms with van der Waals surface area (Å²) in [5.74, 6) is -2.04. The number of carbonyl (C=O) groups excluding carboxylic acids is 1. The van der Waals surface area contributed by atoms with Crippen molar-refractivity contribution in [1.29, 1.82) is 5.26 Å². The number of amides is 1. The summed E-state index contributed by atoms with van der Waals surface area (Å²) in [4.78, 5) is 26.5. The maximum absolute atomic E-state index is 15.6. The highest BCUT2D eigenvalue weighted by Gasteiger charge is 2.40. The lowest BCUT2D eigenvalue weighted by Gasteiger charge is -2.43. The third kappa shape index (κ3) is 5.47. The predicted octanol–water partition coefficient (Wildman–Crippen LogP) is 7.07. The van der Waals surface area contributed by atoms with Crippen LogP contribution in [0.5, 0.6) is 5.75 Å². The minimum Gasteiger partial charge on any atom is -0.506 e. The Kier molecular flexibility index (Phi) is 9.23. The number of aromatic nitrogens is 2. The molecule has 3 aromatic rings. The Labute approximate surface area is 279 Å². The standard InChI is InChI=1S/C31H27Cl4FN6O3/c1-5-19(43)40-8-10-41(11-9-40)28-16-12-18(32)26(20-24(36)22(34)21(33)23(35)29(20)44)39-30(16)42(31(45)17(28)13-37)27-15(4)6-7-38-25(27)14(2)3/h5-7,12,14,31,44-45H,1,8-11H2,2-4H3. The van der Waals surface area contributed by atoms with Crippen LogP contribution in [0.2, 0.25) is 20.1 Å². The highest BCUT2D eigenvalue weighted by atomic mass is 35.5. The fourth-order valence-corrected chi connectivity index (χ4v) is 6.47. The number of rotatable bonds is 5. The van der Waals surface area contributed by atoms with Crippen LogP contribution in [0.4, 0.5) is 15.9 Å². The molecule has 5 rings (SSSR count). The number of aromatic hydroxyl groups is 1. The average molecular weight is 692 g/mol. The van der Waals surface area contributed by atoms with E-state index in [0.29, 0.717) is 48.8 Å². The van der Waals surface area contributed by atoms with E-state index in [0.717, 1.165) is 5.56 Å². The number of aryl methyl sites for hydroxylation is 1. The lowest BCUT2D eigenvalue weighted by molar-refractivity contribution is -0.127. The minimum atomic E-state index is -1.55. The molecule has 9 nitrogen and oxygen atoms in total. The average Bonchev–Trinajstić information content (AvgIpc) is 3.02. The molecule has 1 atom stereocenters. The van der Waals surface area contributed by atoms with Crippen molar-refractivity contribution in [2.24, 2.45) is 0 Å². The fraction of sp³-hybridized carbons (Fsp3) is 0.290. The Bertz CT molecular complexity index is 1790. The number of benzene rings is 1. The van der Waals surface area contributed by atoms with Crippen molar-refractivity contribution in [3.05, 3.63) is 79.3 Å². The summed E-state index contributed by atoms with van der Waals surface area (Å²) in [6, 6.07) is 5.42. The second-order valence-electron chi connectivity index (χ2n) is 10.8. The summed E-state index contributed by atoms with van der Waals surface area (Å²) in [6.45, 7) is 10.6. The number of aliphatic hydroxyl groups is 1. The quantitative estimate of drug-likeness (QED) is 0.166. The number of anilines is 2. The molecule has 2 aliphatic heterocycles. The van der Waals surface area contributed by atoms with E-state index < -0.39 is 33.4 Å². The summed E-state index contributed by atoms with van der Waals surface area (Å²) < 4.78 is 15.6. The summed E-state index contributed by atoms with van der Waals surface area (Å²) in [5.41, 5.74) is 1.84. The van der Waals surface area contributed by atoms with E-state index in [-0.39, 0.29) is 39.0 Å². The Balaban J connectivity index is 1.82. The van der Waals surface area contributed by atoms with Crippen LogP contribution in [0, 0.1) is 24.1 Å². The molecule has 1 fully saturated rings. The van der Waals surface area contributed by atoms with Crippen molar-refractivity contribution >= 4 is 69.5 Å². The zero-order valence-corrected chi connectivity index (χ0v) is 27.4. The van der Waals surface area contributed by atoms with Gasteiger partial charge in [-0.2, -0.15) is 5.26 Å². The van der Waals surface area contributed by atoms with Crippen LogP contribution < -0.4 is 4.90 Å². The smallest absolute Gasteiger partial charge is 0.246 e. The number of halogens is 5. The second kappa shape index (κ2) is 12.7. The second-order valence-corrected chi connectivity index (χ2v) is 12.4. The van der Waals surface area contributed by atoms with Crippen LogP contribution in [-0.2, 0) is 4.79 Å². The molecule has 1 unspecified atom stereocenters. The molecule has 0 radical (unpaired) electrons. The van der Waals surface area contributed by atoms with Gasteiger partial charge in [-0.3, -0.25) is 14.7 Å². The van der Waals surface area contributed by atoms with Crippen LogP contribution in [0.25, 0.3) is 17.0 Å². The summed E-state index contributed by atoms with van der Waals surface area (Å²) in [6.07, 6.45) is 1.33. The van der Waals surface area contributed by atoms with Gasteiger partial charge >= 0.3 is 0 Å². The van der Waals surface area contributed by atoms with Crippen molar-refractivity contribution < 1.29 is 19.4 Å². The Morgan fingerprint density at radius 2 is 1.84 bits per heavy atom. The number of carbonyl (C=O) groups is 1. The summed E-state index contributed by atoms with van der Waals surface area (Å²) in [5, 5.41) is 31.9. The Hall–Kier alpha value is -3.59. The molecule has 1 amide bonds. The zero-order valence-electron chi connectivity index (χ0n) is 24.4. The van der Waals surface area contributed by atoms with Gasteiger partial charge in [0.1, 0.15) is 28.2 Å². The van der Waals surface area contributed by atoms with Crippen molar-refractivity contribution in [1.82, 2.24) is 19.8 Å². The molecule has 0 saturated carbocycles. The molecule has 0 spiro atoms. The van der Waals surface area contributed by atoms with Crippen LogP contribution >= 0.6 is 46.4 Å². The Morgan fingerprint density at radius 1 is 1.18 bits per heavy atom. The number of piperazine rings is 1.